The summed E-state index contributed by atoms with van der Waals surface area (Å²) in [6.45, 7) is 4.41. The molecule has 2 amide bonds. The standard InChI is InChI=1S/C23H26N4O3S/c1-14(19-6-7-20(31-19)23(29)27-8-10-30-11-9-27)24-21(28)13-15-12-16(15)22-25-17-4-2-3-5-18(17)26-22/h2-7,14-16H,8-13H2,1H3,(H,24,28)(H,25,26)/t14-,15+,16-/m1/s1. The van der Waals surface area contributed by atoms with Gasteiger partial charge in [-0.3, -0.25) is 9.59 Å². The molecule has 3 atom stereocenters. The van der Waals surface area contributed by atoms with Crippen LogP contribution in [-0.4, -0.2) is 53.0 Å². The van der Waals surface area contributed by atoms with Gasteiger partial charge in [0.1, 0.15) is 5.82 Å². The summed E-state index contributed by atoms with van der Waals surface area (Å²) in [7, 11) is 0. The number of fused-ring (bicyclic) bond motifs is 1. The number of thiophene rings is 1. The number of para-hydroxylation sites is 2. The number of ether oxygens (including phenoxy) is 1. The number of hydrogen-bond donors (Lipinski definition) is 2. The average molecular weight is 439 g/mol. The lowest BCUT2D eigenvalue weighted by molar-refractivity contribution is -0.122. The number of hydrogen-bond acceptors (Lipinski definition) is 5. The third-order valence-corrected chi connectivity index (χ3v) is 7.33. The van der Waals surface area contributed by atoms with Crippen LogP contribution in [0.25, 0.3) is 11.0 Å². The van der Waals surface area contributed by atoms with Gasteiger partial charge in [-0.1, -0.05) is 12.1 Å². The van der Waals surface area contributed by atoms with E-state index >= 15 is 0 Å². The molecule has 3 heterocycles. The van der Waals surface area contributed by atoms with Gasteiger partial charge in [-0.05, 0) is 43.5 Å². The topological polar surface area (TPSA) is 87.3 Å². The molecule has 1 aliphatic heterocycles. The minimum absolute atomic E-state index is 0.0460. The number of amides is 2. The summed E-state index contributed by atoms with van der Waals surface area (Å²) in [6, 6.07) is 11.7. The Morgan fingerprint density at radius 2 is 2.06 bits per heavy atom. The Labute approximate surface area is 184 Å². The van der Waals surface area contributed by atoms with Gasteiger partial charge in [0.25, 0.3) is 5.91 Å². The van der Waals surface area contributed by atoms with E-state index in [1.54, 1.807) is 0 Å². The summed E-state index contributed by atoms with van der Waals surface area (Å²) in [5.74, 6) is 1.73. The molecular weight excluding hydrogens is 412 g/mol. The highest BCUT2D eigenvalue weighted by Crippen LogP contribution is 2.48. The van der Waals surface area contributed by atoms with Crippen molar-refractivity contribution in [1.82, 2.24) is 20.2 Å². The average Bonchev–Trinajstić information content (AvgIpc) is 3.18. The Bertz CT molecular complexity index is 1070. The van der Waals surface area contributed by atoms with Gasteiger partial charge in [0.2, 0.25) is 5.91 Å². The molecule has 7 nitrogen and oxygen atoms in total. The molecule has 2 aliphatic rings. The van der Waals surface area contributed by atoms with Gasteiger partial charge in [-0.2, -0.15) is 0 Å². The fraction of sp³-hybridized carbons (Fsp3) is 0.435. The summed E-state index contributed by atoms with van der Waals surface area (Å²) in [5.41, 5.74) is 2.02. The van der Waals surface area contributed by atoms with Gasteiger partial charge < -0.3 is 19.9 Å². The molecule has 1 aliphatic carbocycles. The van der Waals surface area contributed by atoms with Gasteiger partial charge in [0.05, 0.1) is 35.2 Å². The van der Waals surface area contributed by atoms with Crippen LogP contribution in [0.15, 0.2) is 36.4 Å². The summed E-state index contributed by atoms with van der Waals surface area (Å²) in [6.07, 6.45) is 1.48. The van der Waals surface area contributed by atoms with Crippen molar-refractivity contribution in [3.05, 3.63) is 52.0 Å². The smallest absolute Gasteiger partial charge is 0.264 e. The van der Waals surface area contributed by atoms with Crippen LogP contribution in [0.2, 0.25) is 0 Å². The number of aromatic amines is 1. The lowest BCUT2D eigenvalue weighted by Gasteiger charge is -2.26. The van der Waals surface area contributed by atoms with Crippen molar-refractivity contribution in [3.8, 4) is 0 Å². The number of carbonyl (C=O) groups excluding carboxylic acids is 2. The maximum Gasteiger partial charge on any atom is 0.264 e. The Morgan fingerprint density at radius 1 is 1.26 bits per heavy atom. The highest BCUT2D eigenvalue weighted by atomic mass is 32.1. The maximum atomic E-state index is 12.6. The molecule has 5 rings (SSSR count). The zero-order valence-electron chi connectivity index (χ0n) is 17.5. The van der Waals surface area contributed by atoms with E-state index in [1.807, 2.05) is 48.2 Å². The second kappa shape index (κ2) is 8.43. The molecule has 3 aromatic rings. The maximum absolute atomic E-state index is 12.6. The van der Waals surface area contributed by atoms with Gasteiger partial charge in [0.15, 0.2) is 0 Å². The van der Waals surface area contributed by atoms with Gasteiger partial charge >= 0.3 is 0 Å². The molecule has 2 fully saturated rings. The number of H-pyrrole nitrogens is 1. The third-order valence-electron chi connectivity index (χ3n) is 6.07. The lowest BCUT2D eigenvalue weighted by atomic mass is 10.2. The van der Waals surface area contributed by atoms with E-state index in [0.29, 0.717) is 49.4 Å². The summed E-state index contributed by atoms with van der Waals surface area (Å²) in [5, 5.41) is 3.09. The fourth-order valence-corrected chi connectivity index (χ4v) is 5.17. The van der Waals surface area contributed by atoms with Crippen molar-refractivity contribution in [2.45, 2.75) is 31.7 Å². The van der Waals surface area contributed by atoms with Crippen LogP contribution in [0.1, 0.15) is 52.1 Å². The van der Waals surface area contributed by atoms with Crippen LogP contribution >= 0.6 is 11.3 Å². The van der Waals surface area contributed by atoms with Crippen LogP contribution in [0.3, 0.4) is 0 Å². The minimum Gasteiger partial charge on any atom is -0.378 e. The van der Waals surface area contributed by atoms with E-state index in [4.69, 9.17) is 4.74 Å². The molecule has 2 N–H and O–H groups in total. The van der Waals surface area contributed by atoms with Crippen LogP contribution in [0.5, 0.6) is 0 Å². The van der Waals surface area contributed by atoms with E-state index in [2.05, 4.69) is 15.3 Å². The van der Waals surface area contributed by atoms with Gasteiger partial charge in [-0.25, -0.2) is 4.98 Å². The molecule has 162 valence electrons. The van der Waals surface area contributed by atoms with Crippen LogP contribution in [0.4, 0.5) is 0 Å². The van der Waals surface area contributed by atoms with Crippen LogP contribution in [0, 0.1) is 5.92 Å². The molecule has 8 heteroatoms. The SMILES string of the molecule is C[C@@H](NC(=O)C[C@@H]1C[C@H]1c1nc2ccccc2[nH]1)c1ccc(C(=O)N2CCOCC2)s1. The summed E-state index contributed by atoms with van der Waals surface area (Å²) >= 11 is 1.46. The van der Waals surface area contributed by atoms with Crippen molar-refractivity contribution in [2.75, 3.05) is 26.3 Å². The van der Waals surface area contributed by atoms with Crippen LogP contribution < -0.4 is 5.32 Å². The summed E-state index contributed by atoms with van der Waals surface area (Å²) in [4.78, 5) is 36.8. The van der Waals surface area contributed by atoms with Gasteiger partial charge in [0, 0.05) is 30.3 Å². The first-order valence-corrected chi connectivity index (χ1v) is 11.6. The molecule has 0 bridgehead atoms. The van der Waals surface area contributed by atoms with Crippen molar-refractivity contribution in [2.24, 2.45) is 5.92 Å². The molecule has 1 aromatic carbocycles. The minimum atomic E-state index is -0.118. The second-order valence-corrected chi connectivity index (χ2v) is 9.46. The number of carbonyl (C=O) groups is 2. The Morgan fingerprint density at radius 3 is 2.87 bits per heavy atom. The highest BCUT2D eigenvalue weighted by Gasteiger charge is 2.42. The number of nitrogens with one attached hydrogen (secondary N) is 2. The number of aromatic nitrogens is 2. The van der Waals surface area contributed by atoms with Crippen LogP contribution in [-0.2, 0) is 9.53 Å². The normalized spacial score (nSPS) is 21.8. The monoisotopic (exact) mass is 438 g/mol. The molecule has 0 unspecified atom stereocenters. The largest absolute Gasteiger partial charge is 0.378 e. The highest BCUT2D eigenvalue weighted by molar-refractivity contribution is 7.14. The van der Waals surface area contributed by atoms with E-state index in [0.717, 1.165) is 28.2 Å². The molecule has 2 aromatic heterocycles. The Balaban J connectivity index is 1.14. The first-order valence-electron chi connectivity index (χ1n) is 10.8. The van der Waals surface area contributed by atoms with Crippen molar-refractivity contribution in [3.63, 3.8) is 0 Å². The van der Waals surface area contributed by atoms with Crippen molar-refractivity contribution in [1.29, 1.82) is 0 Å². The summed E-state index contributed by atoms with van der Waals surface area (Å²) < 4.78 is 5.32. The Kier molecular flexibility index (Phi) is 5.50. The molecular formula is C23H26N4O3S. The van der Waals surface area contributed by atoms with E-state index in [1.165, 1.54) is 11.3 Å². The zero-order chi connectivity index (χ0) is 21.4. The molecule has 1 saturated heterocycles. The number of benzene rings is 1. The number of imidazole rings is 1. The number of rotatable bonds is 6. The van der Waals surface area contributed by atoms with E-state index in [-0.39, 0.29) is 17.9 Å². The first kappa shape index (κ1) is 20.2. The number of nitrogens with zero attached hydrogens (tertiary/aromatic N) is 2. The predicted molar refractivity (Wildman–Crippen MR) is 119 cm³/mol. The first-order chi connectivity index (χ1) is 15.1. The third kappa shape index (κ3) is 4.36. The van der Waals surface area contributed by atoms with Crippen molar-refractivity contribution >= 4 is 34.2 Å². The van der Waals surface area contributed by atoms with Crippen molar-refractivity contribution < 1.29 is 14.3 Å². The fourth-order valence-electron chi connectivity index (χ4n) is 4.19. The Hall–Kier alpha value is -2.71. The van der Waals surface area contributed by atoms with E-state index in [9.17, 15) is 9.59 Å². The predicted octanol–water partition coefficient (Wildman–Crippen LogP) is 3.47. The van der Waals surface area contributed by atoms with E-state index < -0.39 is 0 Å². The number of morpholine rings is 1. The molecule has 1 saturated carbocycles. The molecule has 0 spiro atoms. The zero-order valence-corrected chi connectivity index (χ0v) is 18.3. The second-order valence-electron chi connectivity index (χ2n) is 8.34. The lowest BCUT2D eigenvalue weighted by Crippen LogP contribution is -2.40. The molecule has 31 heavy (non-hydrogen) atoms. The van der Waals surface area contributed by atoms with Gasteiger partial charge in [-0.15, -0.1) is 11.3 Å². The quantitative estimate of drug-likeness (QED) is 0.617. The molecule has 0 radical (unpaired) electrons.